The zero-order chi connectivity index (χ0) is 23.3. The normalized spacial score (nSPS) is 11.0. The van der Waals surface area contributed by atoms with Crippen molar-refractivity contribution in [2.75, 3.05) is 18.5 Å². The lowest BCUT2D eigenvalue weighted by molar-refractivity contribution is 0.327. The number of nitrogens with one attached hydrogen (secondary N) is 2. The smallest absolute Gasteiger partial charge is 0.146 e. The third-order valence-electron chi connectivity index (χ3n) is 5.31. The van der Waals surface area contributed by atoms with Gasteiger partial charge in [-0.1, -0.05) is 24.3 Å². The number of pyridine rings is 2. The SMILES string of the molecule is NCCOc1cnc2ccc(-c3nc(CNc4ccccc4F)[nH]c3-c3ccccn3)cc2c1. The molecule has 3 aromatic heterocycles. The quantitative estimate of drug-likeness (QED) is 0.312. The third-order valence-corrected chi connectivity index (χ3v) is 5.31. The molecule has 0 aliphatic rings. The standard InChI is InChI=1S/C26H23FN6O/c27-20-5-1-2-6-22(20)31-16-24-32-25(26(33-24)23-7-3-4-11-29-23)17-8-9-21-18(13-17)14-19(15-30-21)34-12-10-28/h1-9,11,13-15,31H,10,12,16,28H2,(H,32,33). The molecule has 0 unspecified atom stereocenters. The molecule has 0 fully saturated rings. The van der Waals surface area contributed by atoms with E-state index in [1.165, 1.54) is 6.07 Å². The number of benzene rings is 2. The van der Waals surface area contributed by atoms with Crippen molar-refractivity contribution in [3.05, 3.63) is 90.8 Å². The van der Waals surface area contributed by atoms with Gasteiger partial charge in [0, 0.05) is 23.7 Å². The number of fused-ring (bicyclic) bond motifs is 1. The fourth-order valence-electron chi connectivity index (χ4n) is 3.71. The van der Waals surface area contributed by atoms with E-state index in [4.69, 9.17) is 15.5 Å². The summed E-state index contributed by atoms with van der Waals surface area (Å²) in [7, 11) is 0. The molecule has 170 valence electrons. The van der Waals surface area contributed by atoms with Gasteiger partial charge in [-0.2, -0.15) is 0 Å². The highest BCUT2D eigenvalue weighted by molar-refractivity contribution is 5.87. The fourth-order valence-corrected chi connectivity index (χ4v) is 3.71. The molecule has 4 N–H and O–H groups in total. The minimum absolute atomic E-state index is 0.311. The monoisotopic (exact) mass is 454 g/mol. The summed E-state index contributed by atoms with van der Waals surface area (Å²) < 4.78 is 19.7. The first-order valence-corrected chi connectivity index (χ1v) is 10.9. The maximum absolute atomic E-state index is 14.0. The maximum atomic E-state index is 14.0. The second-order valence-corrected chi connectivity index (χ2v) is 7.67. The van der Waals surface area contributed by atoms with Gasteiger partial charge in [-0.05, 0) is 42.5 Å². The van der Waals surface area contributed by atoms with Gasteiger partial charge in [-0.15, -0.1) is 0 Å². The summed E-state index contributed by atoms with van der Waals surface area (Å²) in [6, 6.07) is 20.2. The van der Waals surface area contributed by atoms with Crippen molar-refractivity contribution in [3.63, 3.8) is 0 Å². The summed E-state index contributed by atoms with van der Waals surface area (Å²) in [4.78, 5) is 17.2. The number of nitrogens with two attached hydrogens (primary N) is 1. The maximum Gasteiger partial charge on any atom is 0.146 e. The van der Waals surface area contributed by atoms with E-state index in [1.54, 1.807) is 30.6 Å². The molecule has 0 spiro atoms. The van der Waals surface area contributed by atoms with E-state index in [1.807, 2.05) is 42.5 Å². The van der Waals surface area contributed by atoms with Gasteiger partial charge in [0.2, 0.25) is 0 Å². The Morgan fingerprint density at radius 2 is 1.88 bits per heavy atom. The lowest BCUT2D eigenvalue weighted by Crippen LogP contribution is -2.10. The van der Waals surface area contributed by atoms with Gasteiger partial charge < -0.3 is 20.8 Å². The number of imidazole rings is 1. The largest absolute Gasteiger partial charge is 0.491 e. The summed E-state index contributed by atoms with van der Waals surface area (Å²) in [6.45, 7) is 1.18. The first kappa shape index (κ1) is 21.5. The van der Waals surface area contributed by atoms with Crippen LogP contribution in [0.15, 0.2) is 79.1 Å². The third kappa shape index (κ3) is 4.57. The van der Waals surface area contributed by atoms with Crippen LogP contribution in [0.2, 0.25) is 0 Å². The summed E-state index contributed by atoms with van der Waals surface area (Å²) in [5.41, 5.74) is 10.0. The lowest BCUT2D eigenvalue weighted by Gasteiger charge is -2.07. The molecule has 7 nitrogen and oxygen atoms in total. The Labute approximate surface area is 195 Å². The number of hydrogen-bond acceptors (Lipinski definition) is 6. The van der Waals surface area contributed by atoms with Crippen molar-refractivity contribution in [1.82, 2.24) is 19.9 Å². The number of halogens is 1. The Morgan fingerprint density at radius 3 is 2.71 bits per heavy atom. The minimum Gasteiger partial charge on any atom is -0.491 e. The Hall–Kier alpha value is -4.30. The minimum atomic E-state index is -0.311. The van der Waals surface area contributed by atoms with Crippen LogP contribution >= 0.6 is 0 Å². The van der Waals surface area contributed by atoms with Crippen LogP contribution in [0.5, 0.6) is 5.75 Å². The van der Waals surface area contributed by atoms with E-state index < -0.39 is 0 Å². The van der Waals surface area contributed by atoms with E-state index in [-0.39, 0.29) is 5.82 Å². The molecule has 5 rings (SSSR count). The van der Waals surface area contributed by atoms with Crippen LogP contribution in [-0.4, -0.2) is 33.1 Å². The van der Waals surface area contributed by atoms with Gasteiger partial charge >= 0.3 is 0 Å². The van der Waals surface area contributed by atoms with E-state index in [9.17, 15) is 4.39 Å². The van der Waals surface area contributed by atoms with Crippen molar-refractivity contribution in [1.29, 1.82) is 0 Å². The van der Waals surface area contributed by atoms with E-state index in [2.05, 4.69) is 20.3 Å². The Balaban J connectivity index is 1.52. The zero-order valence-corrected chi connectivity index (χ0v) is 18.3. The van der Waals surface area contributed by atoms with Gasteiger partial charge in [0.1, 0.15) is 24.0 Å². The molecule has 5 aromatic rings. The number of anilines is 1. The number of nitrogens with zero attached hydrogens (tertiary/aromatic N) is 3. The molecular weight excluding hydrogens is 431 g/mol. The summed E-state index contributed by atoms with van der Waals surface area (Å²) in [5.74, 6) is 1.02. The molecule has 3 heterocycles. The average Bonchev–Trinajstić information content (AvgIpc) is 3.31. The first-order chi connectivity index (χ1) is 16.7. The summed E-state index contributed by atoms with van der Waals surface area (Å²) in [5, 5.41) is 4.03. The molecule has 0 amide bonds. The van der Waals surface area contributed by atoms with Crippen molar-refractivity contribution in [2.24, 2.45) is 5.73 Å². The van der Waals surface area contributed by atoms with Crippen LogP contribution in [0, 0.1) is 5.82 Å². The van der Waals surface area contributed by atoms with Crippen molar-refractivity contribution in [3.8, 4) is 28.4 Å². The van der Waals surface area contributed by atoms with Crippen LogP contribution in [-0.2, 0) is 6.54 Å². The Kier molecular flexibility index (Phi) is 6.13. The number of aromatic amines is 1. The highest BCUT2D eigenvalue weighted by atomic mass is 19.1. The predicted molar refractivity (Wildman–Crippen MR) is 131 cm³/mol. The van der Waals surface area contributed by atoms with Crippen LogP contribution in [0.25, 0.3) is 33.5 Å². The van der Waals surface area contributed by atoms with Crippen molar-refractivity contribution < 1.29 is 9.13 Å². The van der Waals surface area contributed by atoms with Crippen LogP contribution < -0.4 is 15.8 Å². The molecule has 0 aliphatic heterocycles. The molecule has 0 saturated carbocycles. The fraction of sp³-hybridized carbons (Fsp3) is 0.115. The molecule has 0 saturated heterocycles. The number of hydrogen-bond donors (Lipinski definition) is 3. The van der Waals surface area contributed by atoms with Crippen LogP contribution in [0.3, 0.4) is 0 Å². The predicted octanol–water partition coefficient (Wildman–Crippen LogP) is 4.78. The number of ether oxygens (including phenoxy) is 1. The second-order valence-electron chi connectivity index (χ2n) is 7.67. The number of H-pyrrole nitrogens is 1. The zero-order valence-electron chi connectivity index (χ0n) is 18.3. The van der Waals surface area contributed by atoms with Crippen molar-refractivity contribution in [2.45, 2.75) is 6.54 Å². The van der Waals surface area contributed by atoms with E-state index in [0.29, 0.717) is 37.0 Å². The molecule has 0 atom stereocenters. The molecule has 8 heteroatoms. The van der Waals surface area contributed by atoms with Crippen LogP contribution in [0.1, 0.15) is 5.82 Å². The van der Waals surface area contributed by atoms with E-state index >= 15 is 0 Å². The summed E-state index contributed by atoms with van der Waals surface area (Å²) in [6.07, 6.45) is 3.43. The van der Waals surface area contributed by atoms with Gasteiger partial charge in [0.05, 0.1) is 41.0 Å². The number of rotatable bonds is 8. The summed E-state index contributed by atoms with van der Waals surface area (Å²) >= 11 is 0. The molecule has 34 heavy (non-hydrogen) atoms. The molecule has 2 aromatic carbocycles. The molecule has 0 bridgehead atoms. The Bertz CT molecular complexity index is 1420. The van der Waals surface area contributed by atoms with E-state index in [0.717, 1.165) is 33.5 Å². The first-order valence-electron chi connectivity index (χ1n) is 10.9. The highest BCUT2D eigenvalue weighted by Crippen LogP contribution is 2.32. The topological polar surface area (TPSA) is 102 Å². The molecular formula is C26H23FN6O. The van der Waals surface area contributed by atoms with Gasteiger partial charge in [0.25, 0.3) is 0 Å². The van der Waals surface area contributed by atoms with Crippen LogP contribution in [0.4, 0.5) is 10.1 Å². The van der Waals surface area contributed by atoms with Gasteiger partial charge in [-0.25, -0.2) is 9.37 Å². The number of para-hydroxylation sites is 1. The molecule has 0 radical (unpaired) electrons. The lowest BCUT2D eigenvalue weighted by atomic mass is 10.1. The second kappa shape index (κ2) is 9.68. The Morgan fingerprint density at radius 1 is 1.00 bits per heavy atom. The highest BCUT2D eigenvalue weighted by Gasteiger charge is 2.16. The van der Waals surface area contributed by atoms with Crippen molar-refractivity contribution >= 4 is 16.6 Å². The number of aromatic nitrogens is 4. The molecule has 0 aliphatic carbocycles. The van der Waals surface area contributed by atoms with Gasteiger partial charge in [-0.3, -0.25) is 9.97 Å². The van der Waals surface area contributed by atoms with Gasteiger partial charge in [0.15, 0.2) is 0 Å². The average molecular weight is 455 g/mol.